The molecule has 2 aromatic heterocycles. The van der Waals surface area contributed by atoms with Gasteiger partial charge >= 0.3 is 0 Å². The highest BCUT2D eigenvalue weighted by atomic mass is 16.3. The van der Waals surface area contributed by atoms with Crippen LogP contribution >= 0.6 is 0 Å². The number of pyridine rings is 1. The normalized spacial score (nSPS) is 10.9. The van der Waals surface area contributed by atoms with E-state index in [4.69, 9.17) is 4.42 Å². The summed E-state index contributed by atoms with van der Waals surface area (Å²) >= 11 is 0. The zero-order valence-electron chi connectivity index (χ0n) is 7.97. The standard InChI is InChI=1S/C12H11NO/c1-10-2-4-12(14-10)5-3-11-6-8-13-9-7-11/h2-9H,1H3/b5-3+. The number of hydrogen-bond acceptors (Lipinski definition) is 2. The number of aromatic nitrogens is 1. The van der Waals surface area contributed by atoms with Crippen LogP contribution in [0.5, 0.6) is 0 Å². The molecule has 14 heavy (non-hydrogen) atoms. The van der Waals surface area contributed by atoms with Gasteiger partial charge in [-0.1, -0.05) is 6.08 Å². The number of furan rings is 1. The van der Waals surface area contributed by atoms with Crippen molar-refractivity contribution in [3.63, 3.8) is 0 Å². The lowest BCUT2D eigenvalue weighted by Gasteiger charge is -1.89. The van der Waals surface area contributed by atoms with Crippen LogP contribution in [0.25, 0.3) is 12.2 Å². The fraction of sp³-hybridized carbons (Fsp3) is 0.0833. The Morgan fingerprint density at radius 3 is 2.50 bits per heavy atom. The average Bonchev–Trinajstić information content (AvgIpc) is 2.63. The lowest BCUT2D eigenvalue weighted by molar-refractivity contribution is 0.525. The zero-order chi connectivity index (χ0) is 9.80. The average molecular weight is 185 g/mol. The van der Waals surface area contributed by atoms with E-state index in [1.807, 2.05) is 43.3 Å². The van der Waals surface area contributed by atoms with Gasteiger partial charge in [-0.2, -0.15) is 0 Å². The molecule has 2 aromatic rings. The second-order valence-electron chi connectivity index (χ2n) is 3.06. The van der Waals surface area contributed by atoms with Gasteiger partial charge < -0.3 is 4.42 Å². The first-order valence-electron chi connectivity index (χ1n) is 4.49. The fourth-order valence-electron chi connectivity index (χ4n) is 1.20. The van der Waals surface area contributed by atoms with Gasteiger partial charge in [-0.05, 0) is 42.8 Å². The van der Waals surface area contributed by atoms with E-state index in [-0.39, 0.29) is 0 Å². The summed E-state index contributed by atoms with van der Waals surface area (Å²) in [7, 11) is 0. The minimum atomic E-state index is 0.874. The van der Waals surface area contributed by atoms with E-state index < -0.39 is 0 Å². The van der Waals surface area contributed by atoms with Crippen LogP contribution in [0.3, 0.4) is 0 Å². The molecule has 0 bridgehead atoms. The second kappa shape index (κ2) is 3.92. The van der Waals surface area contributed by atoms with Gasteiger partial charge in [-0.15, -0.1) is 0 Å². The van der Waals surface area contributed by atoms with Crippen molar-refractivity contribution in [3.05, 3.63) is 53.7 Å². The Balaban J connectivity index is 2.15. The smallest absolute Gasteiger partial charge is 0.127 e. The molecular formula is C12H11NO. The third-order valence-electron chi connectivity index (χ3n) is 1.91. The first kappa shape index (κ1) is 8.75. The summed E-state index contributed by atoms with van der Waals surface area (Å²) in [6, 6.07) is 7.80. The van der Waals surface area contributed by atoms with Crippen molar-refractivity contribution in [3.8, 4) is 0 Å². The van der Waals surface area contributed by atoms with Crippen LogP contribution in [-0.2, 0) is 0 Å². The monoisotopic (exact) mass is 185 g/mol. The highest BCUT2D eigenvalue weighted by Crippen LogP contribution is 2.10. The van der Waals surface area contributed by atoms with Crippen molar-refractivity contribution in [2.24, 2.45) is 0 Å². The quantitative estimate of drug-likeness (QED) is 0.718. The minimum absolute atomic E-state index is 0.874. The van der Waals surface area contributed by atoms with E-state index in [0.717, 1.165) is 17.1 Å². The Hall–Kier alpha value is -1.83. The molecule has 2 heteroatoms. The summed E-state index contributed by atoms with van der Waals surface area (Å²) in [6.45, 7) is 1.93. The molecule has 0 fully saturated rings. The summed E-state index contributed by atoms with van der Waals surface area (Å²) in [6.07, 6.45) is 7.49. The van der Waals surface area contributed by atoms with Gasteiger partial charge in [-0.25, -0.2) is 0 Å². The second-order valence-corrected chi connectivity index (χ2v) is 3.06. The zero-order valence-corrected chi connectivity index (χ0v) is 7.97. The van der Waals surface area contributed by atoms with Crippen molar-refractivity contribution >= 4 is 12.2 Å². The van der Waals surface area contributed by atoms with E-state index >= 15 is 0 Å². The summed E-state index contributed by atoms with van der Waals surface area (Å²) in [5.74, 6) is 1.80. The maximum absolute atomic E-state index is 5.40. The molecule has 0 aliphatic rings. The molecule has 0 N–H and O–H groups in total. The van der Waals surface area contributed by atoms with Gasteiger partial charge in [0.1, 0.15) is 11.5 Å². The van der Waals surface area contributed by atoms with E-state index in [2.05, 4.69) is 4.98 Å². The van der Waals surface area contributed by atoms with Crippen LogP contribution in [0.15, 0.2) is 41.1 Å². The minimum Gasteiger partial charge on any atom is -0.462 e. The van der Waals surface area contributed by atoms with Crippen LogP contribution < -0.4 is 0 Å². The van der Waals surface area contributed by atoms with E-state index in [1.165, 1.54) is 0 Å². The summed E-state index contributed by atoms with van der Waals surface area (Å²) in [5, 5.41) is 0. The van der Waals surface area contributed by atoms with Crippen LogP contribution in [0, 0.1) is 6.92 Å². The Morgan fingerprint density at radius 2 is 1.86 bits per heavy atom. The first-order valence-corrected chi connectivity index (χ1v) is 4.49. The van der Waals surface area contributed by atoms with Crippen molar-refractivity contribution in [1.82, 2.24) is 4.98 Å². The lowest BCUT2D eigenvalue weighted by atomic mass is 10.2. The van der Waals surface area contributed by atoms with Gasteiger partial charge in [0.2, 0.25) is 0 Å². The van der Waals surface area contributed by atoms with E-state index in [9.17, 15) is 0 Å². The summed E-state index contributed by atoms with van der Waals surface area (Å²) < 4.78 is 5.40. The molecule has 0 saturated carbocycles. The lowest BCUT2D eigenvalue weighted by Crippen LogP contribution is -1.71. The van der Waals surface area contributed by atoms with E-state index in [0.29, 0.717) is 0 Å². The molecule has 0 saturated heterocycles. The van der Waals surface area contributed by atoms with Crippen molar-refractivity contribution in [2.75, 3.05) is 0 Å². The highest BCUT2D eigenvalue weighted by Gasteiger charge is 1.92. The molecule has 0 aliphatic heterocycles. The molecule has 70 valence electrons. The number of aryl methyl sites for hydroxylation is 1. The Labute approximate surface area is 82.9 Å². The van der Waals surface area contributed by atoms with Gasteiger partial charge in [0, 0.05) is 12.4 Å². The SMILES string of the molecule is Cc1ccc(/C=C/c2ccncc2)o1. The Kier molecular flexibility index (Phi) is 2.45. The Morgan fingerprint density at radius 1 is 1.07 bits per heavy atom. The van der Waals surface area contributed by atoms with Crippen LogP contribution in [0.1, 0.15) is 17.1 Å². The van der Waals surface area contributed by atoms with E-state index in [1.54, 1.807) is 12.4 Å². The van der Waals surface area contributed by atoms with Crippen molar-refractivity contribution in [2.45, 2.75) is 6.92 Å². The van der Waals surface area contributed by atoms with Gasteiger partial charge in [-0.3, -0.25) is 4.98 Å². The predicted octanol–water partition coefficient (Wildman–Crippen LogP) is 3.15. The highest BCUT2D eigenvalue weighted by molar-refractivity contribution is 5.66. The molecule has 0 spiro atoms. The van der Waals surface area contributed by atoms with Crippen LogP contribution in [-0.4, -0.2) is 4.98 Å². The maximum atomic E-state index is 5.40. The summed E-state index contributed by atoms with van der Waals surface area (Å²) in [4.78, 5) is 3.95. The molecule has 0 aliphatic carbocycles. The topological polar surface area (TPSA) is 26.0 Å². The molecule has 2 heterocycles. The maximum Gasteiger partial charge on any atom is 0.127 e. The van der Waals surface area contributed by atoms with Gasteiger partial charge in [0.05, 0.1) is 0 Å². The molecular weight excluding hydrogens is 174 g/mol. The van der Waals surface area contributed by atoms with Crippen molar-refractivity contribution in [1.29, 1.82) is 0 Å². The van der Waals surface area contributed by atoms with Crippen LogP contribution in [0.2, 0.25) is 0 Å². The first-order chi connectivity index (χ1) is 6.84. The molecule has 0 radical (unpaired) electrons. The van der Waals surface area contributed by atoms with Crippen LogP contribution in [0.4, 0.5) is 0 Å². The predicted molar refractivity (Wildman–Crippen MR) is 56.6 cm³/mol. The largest absolute Gasteiger partial charge is 0.462 e. The number of hydrogen-bond donors (Lipinski definition) is 0. The Bertz CT molecular complexity index is 429. The molecule has 2 rings (SSSR count). The fourth-order valence-corrected chi connectivity index (χ4v) is 1.20. The molecule has 0 amide bonds. The molecule has 0 aromatic carbocycles. The molecule has 0 unspecified atom stereocenters. The van der Waals surface area contributed by atoms with Gasteiger partial charge in [0.25, 0.3) is 0 Å². The molecule has 2 nitrogen and oxygen atoms in total. The third kappa shape index (κ3) is 2.10. The third-order valence-corrected chi connectivity index (χ3v) is 1.91. The van der Waals surface area contributed by atoms with Gasteiger partial charge in [0.15, 0.2) is 0 Å². The van der Waals surface area contributed by atoms with Crippen molar-refractivity contribution < 1.29 is 4.42 Å². The number of rotatable bonds is 2. The summed E-state index contributed by atoms with van der Waals surface area (Å²) in [5.41, 5.74) is 1.12. The molecule has 0 atom stereocenters. The number of nitrogens with zero attached hydrogens (tertiary/aromatic N) is 1.